The summed E-state index contributed by atoms with van der Waals surface area (Å²) in [5.41, 5.74) is -0.0990. The summed E-state index contributed by atoms with van der Waals surface area (Å²) in [6.45, 7) is 0. The lowest BCUT2D eigenvalue weighted by Crippen LogP contribution is -2.09. The van der Waals surface area contributed by atoms with Gasteiger partial charge in [-0.25, -0.2) is 4.39 Å². The molecule has 0 aliphatic carbocycles. The molecule has 1 heterocycles. The molecule has 18 heavy (non-hydrogen) atoms. The minimum absolute atomic E-state index is 0.0980. The molecule has 1 aromatic carbocycles. The zero-order valence-corrected chi connectivity index (χ0v) is 10.7. The fraction of sp³-hybridized carbons (Fsp3) is 0.0769. The summed E-state index contributed by atoms with van der Waals surface area (Å²) in [4.78, 5) is 23.4. The predicted molar refractivity (Wildman–Crippen MR) is 66.1 cm³/mol. The lowest BCUT2D eigenvalue weighted by atomic mass is 10.0. The normalized spacial score (nSPS) is 10.3. The molecule has 2 aromatic rings. The quantitative estimate of drug-likeness (QED) is 0.640. The molecule has 0 atom stereocenters. The minimum Gasteiger partial charge on any atom is -0.461 e. The maximum Gasteiger partial charge on any atom is 0.205 e. The summed E-state index contributed by atoms with van der Waals surface area (Å²) in [5, 5.41) is 0. The van der Waals surface area contributed by atoms with Gasteiger partial charge < -0.3 is 4.42 Å². The van der Waals surface area contributed by atoms with Gasteiger partial charge >= 0.3 is 0 Å². The number of hydrogen-bond donors (Lipinski definition) is 0. The maximum absolute atomic E-state index is 13.5. The Morgan fingerprint density at radius 3 is 2.61 bits per heavy atom. The average Bonchev–Trinajstić information content (AvgIpc) is 2.81. The summed E-state index contributed by atoms with van der Waals surface area (Å²) >= 11 is 3.09. The molecule has 0 saturated heterocycles. The van der Waals surface area contributed by atoms with E-state index >= 15 is 0 Å². The zero-order chi connectivity index (χ0) is 13.1. The van der Waals surface area contributed by atoms with Gasteiger partial charge in [-0.2, -0.15) is 0 Å². The SMILES string of the molecule is O=C(CC(=O)c1ccc(Br)cc1F)c1ccco1. The van der Waals surface area contributed by atoms with E-state index in [0.29, 0.717) is 4.47 Å². The Hall–Kier alpha value is -1.75. The number of hydrogen-bond acceptors (Lipinski definition) is 3. The Morgan fingerprint density at radius 1 is 1.22 bits per heavy atom. The van der Waals surface area contributed by atoms with Crippen LogP contribution in [0, 0.1) is 5.82 Å². The first-order valence-electron chi connectivity index (χ1n) is 5.13. The van der Waals surface area contributed by atoms with E-state index in [4.69, 9.17) is 4.42 Å². The minimum atomic E-state index is -0.651. The first kappa shape index (κ1) is 12.7. The average molecular weight is 311 g/mol. The van der Waals surface area contributed by atoms with Crippen LogP contribution in [0.15, 0.2) is 45.5 Å². The molecule has 0 saturated carbocycles. The summed E-state index contributed by atoms with van der Waals surface area (Å²) in [7, 11) is 0. The molecular formula is C13H8BrFO3. The van der Waals surface area contributed by atoms with E-state index in [0.717, 1.165) is 0 Å². The van der Waals surface area contributed by atoms with Crippen LogP contribution in [-0.4, -0.2) is 11.6 Å². The van der Waals surface area contributed by atoms with Crippen LogP contribution in [0.3, 0.4) is 0 Å². The number of Topliss-reactive ketones (excluding diaryl/α,β-unsaturated/α-hetero) is 2. The van der Waals surface area contributed by atoms with Crippen molar-refractivity contribution in [3.05, 3.63) is 58.2 Å². The molecule has 0 radical (unpaired) electrons. The molecular weight excluding hydrogens is 303 g/mol. The van der Waals surface area contributed by atoms with Crippen molar-refractivity contribution in [3.8, 4) is 0 Å². The van der Waals surface area contributed by atoms with Crippen molar-refractivity contribution in [2.24, 2.45) is 0 Å². The van der Waals surface area contributed by atoms with E-state index in [1.165, 1.54) is 24.5 Å². The summed E-state index contributed by atoms with van der Waals surface area (Å²) in [6, 6.07) is 7.10. The van der Waals surface area contributed by atoms with Crippen LogP contribution < -0.4 is 0 Å². The second-order valence-corrected chi connectivity index (χ2v) is 4.54. The van der Waals surface area contributed by atoms with Crippen molar-refractivity contribution in [1.82, 2.24) is 0 Å². The van der Waals surface area contributed by atoms with Gasteiger partial charge in [-0.3, -0.25) is 9.59 Å². The first-order valence-corrected chi connectivity index (χ1v) is 5.92. The van der Waals surface area contributed by atoms with Gasteiger partial charge in [0.1, 0.15) is 5.82 Å². The van der Waals surface area contributed by atoms with Crippen LogP contribution in [0.4, 0.5) is 4.39 Å². The largest absolute Gasteiger partial charge is 0.461 e. The lowest BCUT2D eigenvalue weighted by Gasteiger charge is -2.01. The van der Waals surface area contributed by atoms with Gasteiger partial charge in [-0.05, 0) is 30.3 Å². The summed E-state index contributed by atoms with van der Waals surface area (Å²) < 4.78 is 18.9. The Bertz CT molecular complexity index is 590. The van der Waals surface area contributed by atoms with E-state index in [2.05, 4.69) is 15.9 Å². The molecule has 1 aromatic heterocycles. The topological polar surface area (TPSA) is 47.3 Å². The molecule has 3 nitrogen and oxygen atoms in total. The molecule has 0 fully saturated rings. The fourth-order valence-corrected chi connectivity index (χ4v) is 1.81. The fourth-order valence-electron chi connectivity index (χ4n) is 1.48. The molecule has 5 heteroatoms. The molecule has 92 valence electrons. The Labute approximate surface area is 111 Å². The molecule has 0 aliphatic heterocycles. The Morgan fingerprint density at radius 2 is 2.00 bits per heavy atom. The van der Waals surface area contributed by atoms with Crippen LogP contribution in [0.25, 0.3) is 0 Å². The van der Waals surface area contributed by atoms with Gasteiger partial charge in [-0.15, -0.1) is 0 Å². The third-order valence-corrected chi connectivity index (χ3v) is 2.84. The molecule has 0 bridgehead atoms. The number of benzene rings is 1. The van der Waals surface area contributed by atoms with Crippen molar-refractivity contribution in [3.63, 3.8) is 0 Å². The van der Waals surface area contributed by atoms with Crippen LogP contribution in [0.2, 0.25) is 0 Å². The van der Waals surface area contributed by atoms with Crippen molar-refractivity contribution in [1.29, 1.82) is 0 Å². The van der Waals surface area contributed by atoms with Gasteiger partial charge in [0, 0.05) is 4.47 Å². The Kier molecular flexibility index (Phi) is 3.72. The Balaban J connectivity index is 2.15. The highest BCUT2D eigenvalue weighted by molar-refractivity contribution is 9.10. The third-order valence-electron chi connectivity index (χ3n) is 2.35. The van der Waals surface area contributed by atoms with Crippen LogP contribution in [0.1, 0.15) is 27.3 Å². The monoisotopic (exact) mass is 310 g/mol. The lowest BCUT2D eigenvalue weighted by molar-refractivity contribution is 0.0876. The molecule has 2 rings (SSSR count). The zero-order valence-electron chi connectivity index (χ0n) is 9.15. The maximum atomic E-state index is 13.5. The first-order chi connectivity index (χ1) is 8.58. The number of furan rings is 1. The van der Waals surface area contributed by atoms with Crippen molar-refractivity contribution >= 4 is 27.5 Å². The summed E-state index contributed by atoms with van der Waals surface area (Å²) in [5.74, 6) is -1.59. The van der Waals surface area contributed by atoms with Gasteiger partial charge in [0.05, 0.1) is 18.2 Å². The number of ketones is 2. The van der Waals surface area contributed by atoms with Crippen LogP contribution in [0.5, 0.6) is 0 Å². The number of halogens is 2. The van der Waals surface area contributed by atoms with E-state index in [-0.39, 0.29) is 11.3 Å². The van der Waals surface area contributed by atoms with Crippen LogP contribution in [-0.2, 0) is 0 Å². The van der Waals surface area contributed by atoms with E-state index in [1.807, 2.05) is 0 Å². The van der Waals surface area contributed by atoms with E-state index in [9.17, 15) is 14.0 Å². The van der Waals surface area contributed by atoms with Gasteiger partial charge in [0.2, 0.25) is 5.78 Å². The van der Waals surface area contributed by atoms with Crippen LogP contribution >= 0.6 is 15.9 Å². The van der Waals surface area contributed by atoms with Gasteiger partial charge in [0.25, 0.3) is 0 Å². The van der Waals surface area contributed by atoms with Gasteiger partial charge in [0.15, 0.2) is 11.5 Å². The summed E-state index contributed by atoms with van der Waals surface area (Å²) in [6.07, 6.45) is 0.935. The highest BCUT2D eigenvalue weighted by Crippen LogP contribution is 2.17. The molecule has 0 spiro atoms. The smallest absolute Gasteiger partial charge is 0.205 e. The van der Waals surface area contributed by atoms with Crippen molar-refractivity contribution < 1.29 is 18.4 Å². The molecule has 0 amide bonds. The highest BCUT2D eigenvalue weighted by atomic mass is 79.9. The predicted octanol–water partition coefficient (Wildman–Crippen LogP) is 3.64. The molecule has 0 unspecified atom stereocenters. The van der Waals surface area contributed by atoms with Gasteiger partial charge in [-0.1, -0.05) is 15.9 Å². The third kappa shape index (κ3) is 2.73. The second kappa shape index (κ2) is 5.27. The van der Waals surface area contributed by atoms with E-state index in [1.54, 1.807) is 12.1 Å². The van der Waals surface area contributed by atoms with Crippen molar-refractivity contribution in [2.75, 3.05) is 0 Å². The van der Waals surface area contributed by atoms with E-state index < -0.39 is 23.8 Å². The molecule has 0 aliphatic rings. The number of carbonyl (C=O) groups is 2. The highest BCUT2D eigenvalue weighted by Gasteiger charge is 2.18. The number of rotatable bonds is 4. The standard InChI is InChI=1S/C13H8BrFO3/c14-8-3-4-9(10(15)6-8)11(16)7-12(17)13-2-1-5-18-13/h1-6H,7H2. The number of carbonyl (C=O) groups excluding carboxylic acids is 2. The molecule has 0 N–H and O–H groups in total. The second-order valence-electron chi connectivity index (χ2n) is 3.62. The van der Waals surface area contributed by atoms with Crippen molar-refractivity contribution in [2.45, 2.75) is 6.42 Å².